The number of halogens is 1. The first-order chi connectivity index (χ1) is 9.22. The highest BCUT2D eigenvalue weighted by atomic mass is 79.9. The maximum atomic E-state index is 4.92. The molecule has 1 heterocycles. The Morgan fingerprint density at radius 1 is 1.21 bits per heavy atom. The molecule has 0 radical (unpaired) electrons. The summed E-state index contributed by atoms with van der Waals surface area (Å²) in [4.78, 5) is 8.51. The van der Waals surface area contributed by atoms with Gasteiger partial charge < -0.3 is 4.98 Å². The molecule has 19 heavy (non-hydrogen) atoms. The van der Waals surface area contributed by atoms with Gasteiger partial charge in [0.15, 0.2) is 0 Å². The fraction of sp³-hybridized carbons (Fsp3) is 0.562. The summed E-state index contributed by atoms with van der Waals surface area (Å²) < 4.78 is 1.14. The maximum Gasteiger partial charge on any atom is 0.110 e. The van der Waals surface area contributed by atoms with Crippen molar-refractivity contribution < 1.29 is 0 Å². The number of aromatic nitrogens is 2. The molecule has 3 fully saturated rings. The van der Waals surface area contributed by atoms with E-state index in [1.807, 2.05) is 0 Å². The zero-order chi connectivity index (χ0) is 12.7. The third kappa shape index (κ3) is 1.35. The highest BCUT2D eigenvalue weighted by Gasteiger charge is 2.66. The molecule has 2 nitrogen and oxygen atoms in total. The van der Waals surface area contributed by atoms with Gasteiger partial charge >= 0.3 is 0 Å². The maximum absolute atomic E-state index is 4.92. The van der Waals surface area contributed by atoms with Gasteiger partial charge in [-0.25, -0.2) is 4.98 Å². The quantitative estimate of drug-likeness (QED) is 0.830. The number of nitrogens with one attached hydrogen (secondary N) is 1. The Kier molecular flexibility index (Phi) is 1.97. The molecule has 0 amide bonds. The lowest BCUT2D eigenvalue weighted by Crippen LogP contribution is -1.98. The van der Waals surface area contributed by atoms with E-state index in [9.17, 15) is 0 Å². The summed E-state index contributed by atoms with van der Waals surface area (Å²) in [7, 11) is 0. The molecule has 1 N–H and O–H groups in total. The van der Waals surface area contributed by atoms with E-state index in [1.54, 1.807) is 0 Å². The summed E-state index contributed by atoms with van der Waals surface area (Å²) in [6.07, 6.45) is 4.47. The van der Waals surface area contributed by atoms with Gasteiger partial charge in [0.1, 0.15) is 5.82 Å². The minimum absolute atomic E-state index is 0.747. The zero-order valence-corrected chi connectivity index (χ0v) is 12.6. The van der Waals surface area contributed by atoms with Gasteiger partial charge in [0, 0.05) is 10.4 Å². The smallest absolute Gasteiger partial charge is 0.110 e. The van der Waals surface area contributed by atoms with E-state index in [1.165, 1.54) is 36.2 Å². The first kappa shape index (κ1) is 10.9. The zero-order valence-electron chi connectivity index (χ0n) is 11.0. The van der Waals surface area contributed by atoms with Gasteiger partial charge in [0.25, 0.3) is 0 Å². The predicted octanol–water partition coefficient (Wildman–Crippen LogP) is 4.39. The molecule has 98 valence electrons. The van der Waals surface area contributed by atoms with Crippen molar-refractivity contribution in [3.05, 3.63) is 28.0 Å². The fourth-order valence-electron chi connectivity index (χ4n) is 5.11. The number of imidazole rings is 1. The van der Waals surface area contributed by atoms with Crippen LogP contribution in [0.4, 0.5) is 0 Å². The van der Waals surface area contributed by atoms with Crippen LogP contribution in [-0.4, -0.2) is 9.97 Å². The molecule has 3 heteroatoms. The average Bonchev–Trinajstić information content (AvgIpc) is 2.76. The molecule has 1 aromatic carbocycles. The van der Waals surface area contributed by atoms with E-state index >= 15 is 0 Å². The van der Waals surface area contributed by atoms with Crippen LogP contribution in [0.1, 0.15) is 36.6 Å². The molecule has 2 aromatic rings. The molecule has 1 aromatic heterocycles. The lowest BCUT2D eigenvalue weighted by molar-refractivity contribution is 0.456. The summed E-state index contributed by atoms with van der Waals surface area (Å²) >= 11 is 3.58. The number of aryl methyl sites for hydroxylation is 1. The van der Waals surface area contributed by atoms with Crippen LogP contribution >= 0.6 is 15.9 Å². The number of fused-ring (bicyclic) bond motifs is 6. The van der Waals surface area contributed by atoms with E-state index in [-0.39, 0.29) is 0 Å². The van der Waals surface area contributed by atoms with Crippen LogP contribution in [0.25, 0.3) is 11.0 Å². The molecular weight excluding hydrogens is 300 g/mol. The number of aromatic amines is 1. The van der Waals surface area contributed by atoms with E-state index in [2.05, 4.69) is 40.0 Å². The van der Waals surface area contributed by atoms with Crippen LogP contribution in [0.5, 0.6) is 0 Å². The largest absolute Gasteiger partial charge is 0.342 e. The standard InChI is InChI=1S/C16H17BrN2/c1-7-4-10(17)6-11-15(7)19-16(18-11)14-12-8-2-3-9(5-8)13(12)14/h4,6,8-9,12-14H,2-3,5H2,1H3,(H,18,19). The molecule has 2 bridgehead atoms. The highest BCUT2D eigenvalue weighted by molar-refractivity contribution is 9.10. The van der Waals surface area contributed by atoms with Crippen LogP contribution in [0.3, 0.4) is 0 Å². The van der Waals surface area contributed by atoms with Crippen LogP contribution in [0.2, 0.25) is 0 Å². The summed E-state index contributed by atoms with van der Waals surface area (Å²) in [6, 6.07) is 4.32. The Labute approximate surface area is 121 Å². The molecule has 3 saturated carbocycles. The summed E-state index contributed by atoms with van der Waals surface area (Å²) in [5, 5.41) is 0. The summed E-state index contributed by atoms with van der Waals surface area (Å²) in [5.74, 6) is 5.97. The first-order valence-corrected chi connectivity index (χ1v) is 8.17. The van der Waals surface area contributed by atoms with E-state index in [0.717, 1.165) is 39.6 Å². The molecule has 0 aliphatic heterocycles. The SMILES string of the molecule is Cc1cc(Br)cc2[nH]c(C3C4C5CCC(C5)C34)nc12. The number of benzene rings is 1. The van der Waals surface area contributed by atoms with E-state index in [4.69, 9.17) is 4.98 Å². The van der Waals surface area contributed by atoms with Gasteiger partial charge in [-0.05, 0) is 67.6 Å². The Morgan fingerprint density at radius 2 is 1.95 bits per heavy atom. The van der Waals surface area contributed by atoms with Gasteiger partial charge in [-0.1, -0.05) is 15.9 Å². The van der Waals surface area contributed by atoms with Gasteiger partial charge in [0.05, 0.1) is 11.0 Å². The minimum Gasteiger partial charge on any atom is -0.342 e. The molecule has 3 aliphatic carbocycles. The number of nitrogens with zero attached hydrogens (tertiary/aromatic N) is 1. The first-order valence-electron chi connectivity index (χ1n) is 7.38. The Hall–Kier alpha value is -0.830. The molecular formula is C16H17BrN2. The summed E-state index contributed by atoms with van der Waals surface area (Å²) in [5.41, 5.74) is 3.62. The predicted molar refractivity (Wildman–Crippen MR) is 79.1 cm³/mol. The Bertz CT molecular complexity index is 673. The number of hydrogen-bond donors (Lipinski definition) is 1. The molecule has 3 aliphatic rings. The molecule has 5 rings (SSSR count). The van der Waals surface area contributed by atoms with Crippen molar-refractivity contribution in [2.24, 2.45) is 23.7 Å². The number of rotatable bonds is 1. The van der Waals surface area contributed by atoms with Crippen LogP contribution in [0.15, 0.2) is 16.6 Å². The second-order valence-electron chi connectivity index (χ2n) is 6.75. The monoisotopic (exact) mass is 316 g/mol. The molecule has 0 saturated heterocycles. The van der Waals surface area contributed by atoms with Crippen molar-refractivity contribution in [2.45, 2.75) is 32.1 Å². The second kappa shape index (κ2) is 3.43. The number of H-pyrrole nitrogens is 1. The Balaban J connectivity index is 1.59. The topological polar surface area (TPSA) is 28.7 Å². The Morgan fingerprint density at radius 3 is 2.68 bits per heavy atom. The third-order valence-electron chi connectivity index (χ3n) is 5.81. The fourth-order valence-corrected chi connectivity index (χ4v) is 5.69. The highest BCUT2D eigenvalue weighted by Crippen LogP contribution is 2.72. The van der Waals surface area contributed by atoms with E-state index < -0.39 is 0 Å². The average molecular weight is 317 g/mol. The van der Waals surface area contributed by atoms with Gasteiger partial charge in [-0.3, -0.25) is 0 Å². The third-order valence-corrected chi connectivity index (χ3v) is 6.27. The van der Waals surface area contributed by atoms with Gasteiger partial charge in [-0.2, -0.15) is 0 Å². The van der Waals surface area contributed by atoms with Crippen molar-refractivity contribution in [3.63, 3.8) is 0 Å². The van der Waals surface area contributed by atoms with Crippen LogP contribution in [0, 0.1) is 30.6 Å². The van der Waals surface area contributed by atoms with Crippen molar-refractivity contribution >= 4 is 27.0 Å². The lowest BCUT2D eigenvalue weighted by Gasteiger charge is -2.05. The molecule has 4 atom stereocenters. The molecule has 4 unspecified atom stereocenters. The number of hydrogen-bond acceptors (Lipinski definition) is 1. The lowest BCUT2D eigenvalue weighted by atomic mass is 10.0. The summed E-state index contributed by atoms with van der Waals surface area (Å²) in [6.45, 7) is 2.15. The van der Waals surface area contributed by atoms with Crippen molar-refractivity contribution in [1.29, 1.82) is 0 Å². The van der Waals surface area contributed by atoms with E-state index in [0.29, 0.717) is 0 Å². The second-order valence-corrected chi connectivity index (χ2v) is 7.67. The van der Waals surface area contributed by atoms with Crippen molar-refractivity contribution in [2.75, 3.05) is 0 Å². The van der Waals surface area contributed by atoms with Gasteiger partial charge in [0.2, 0.25) is 0 Å². The normalized spacial score (nSPS) is 38.9. The van der Waals surface area contributed by atoms with Crippen molar-refractivity contribution in [1.82, 2.24) is 9.97 Å². The molecule has 0 spiro atoms. The minimum atomic E-state index is 0.747. The van der Waals surface area contributed by atoms with Crippen molar-refractivity contribution in [3.8, 4) is 0 Å². The van der Waals surface area contributed by atoms with Crippen LogP contribution < -0.4 is 0 Å². The van der Waals surface area contributed by atoms with Gasteiger partial charge in [-0.15, -0.1) is 0 Å². The van der Waals surface area contributed by atoms with Crippen LogP contribution in [-0.2, 0) is 0 Å².